The standard InChI is InChI=1S/C14H19N3O/c1-15-17-6-2-3-11(4-7-17)12-9-14-13(16-10-12)5-8-18-14/h5,8-11,15H,2-4,6-7H2,1H3/t11-/m1/s1. The summed E-state index contributed by atoms with van der Waals surface area (Å²) in [5, 5.41) is 2.29. The zero-order chi connectivity index (χ0) is 12.4. The molecule has 0 aliphatic carbocycles. The summed E-state index contributed by atoms with van der Waals surface area (Å²) >= 11 is 0. The van der Waals surface area contributed by atoms with Gasteiger partial charge in [0.1, 0.15) is 5.52 Å². The molecule has 4 heteroatoms. The second kappa shape index (κ2) is 5.08. The third-order valence-electron chi connectivity index (χ3n) is 3.84. The first-order valence-corrected chi connectivity index (χ1v) is 6.62. The summed E-state index contributed by atoms with van der Waals surface area (Å²) in [6.45, 7) is 2.22. The lowest BCUT2D eigenvalue weighted by Gasteiger charge is -2.18. The average molecular weight is 245 g/mol. The Morgan fingerprint density at radius 2 is 2.33 bits per heavy atom. The Morgan fingerprint density at radius 3 is 3.22 bits per heavy atom. The first-order valence-electron chi connectivity index (χ1n) is 6.62. The summed E-state index contributed by atoms with van der Waals surface area (Å²) in [5.41, 5.74) is 6.41. The topological polar surface area (TPSA) is 41.3 Å². The predicted molar refractivity (Wildman–Crippen MR) is 71.2 cm³/mol. The molecule has 0 bridgehead atoms. The van der Waals surface area contributed by atoms with Crippen LogP contribution < -0.4 is 5.43 Å². The third kappa shape index (κ3) is 2.26. The number of hydrazine groups is 1. The molecule has 1 aliphatic rings. The van der Waals surface area contributed by atoms with E-state index in [9.17, 15) is 0 Å². The molecule has 0 unspecified atom stereocenters. The predicted octanol–water partition coefficient (Wildman–Crippen LogP) is 2.53. The molecule has 4 nitrogen and oxygen atoms in total. The van der Waals surface area contributed by atoms with E-state index in [0.29, 0.717) is 5.92 Å². The molecular formula is C14H19N3O. The van der Waals surface area contributed by atoms with Crippen molar-refractivity contribution >= 4 is 11.1 Å². The van der Waals surface area contributed by atoms with Gasteiger partial charge in [0.15, 0.2) is 5.58 Å². The second-order valence-electron chi connectivity index (χ2n) is 4.91. The normalized spacial score (nSPS) is 22.2. The number of rotatable bonds is 2. The molecule has 1 aliphatic heterocycles. The monoisotopic (exact) mass is 245 g/mol. The number of nitrogens with zero attached hydrogens (tertiary/aromatic N) is 2. The zero-order valence-electron chi connectivity index (χ0n) is 10.7. The van der Waals surface area contributed by atoms with Crippen LogP contribution >= 0.6 is 0 Å². The summed E-state index contributed by atoms with van der Waals surface area (Å²) in [5.74, 6) is 0.602. The van der Waals surface area contributed by atoms with E-state index in [4.69, 9.17) is 4.42 Å². The van der Waals surface area contributed by atoms with E-state index in [2.05, 4.69) is 21.5 Å². The quantitative estimate of drug-likeness (QED) is 0.882. The Kier molecular flexibility index (Phi) is 3.30. The SMILES string of the molecule is CNN1CCC[C@@H](c2cnc3ccoc3c2)CC1. The number of hydrogen-bond donors (Lipinski definition) is 1. The number of nitrogens with one attached hydrogen (secondary N) is 1. The lowest BCUT2D eigenvalue weighted by atomic mass is 9.93. The van der Waals surface area contributed by atoms with E-state index in [0.717, 1.165) is 24.2 Å². The third-order valence-corrected chi connectivity index (χ3v) is 3.84. The average Bonchev–Trinajstić information content (AvgIpc) is 2.74. The minimum Gasteiger partial charge on any atom is -0.463 e. The summed E-state index contributed by atoms with van der Waals surface area (Å²) < 4.78 is 5.44. The van der Waals surface area contributed by atoms with Crippen LogP contribution in [-0.4, -0.2) is 30.1 Å². The number of pyridine rings is 1. The molecule has 2 aromatic rings. The molecule has 1 fully saturated rings. The molecule has 3 heterocycles. The maximum Gasteiger partial charge on any atom is 0.152 e. The minimum absolute atomic E-state index is 0.602. The maximum absolute atomic E-state index is 5.44. The Labute approximate surface area is 107 Å². The Bertz CT molecular complexity index is 522. The van der Waals surface area contributed by atoms with Crippen LogP contribution in [0.5, 0.6) is 0 Å². The van der Waals surface area contributed by atoms with Gasteiger partial charge in [-0.1, -0.05) is 0 Å². The Balaban J connectivity index is 1.80. The van der Waals surface area contributed by atoms with Gasteiger partial charge in [-0.3, -0.25) is 10.4 Å². The fourth-order valence-electron chi connectivity index (χ4n) is 2.74. The van der Waals surface area contributed by atoms with Gasteiger partial charge in [-0.05, 0) is 43.9 Å². The van der Waals surface area contributed by atoms with Gasteiger partial charge in [0.25, 0.3) is 0 Å². The van der Waals surface area contributed by atoms with Crippen molar-refractivity contribution in [2.45, 2.75) is 25.2 Å². The van der Waals surface area contributed by atoms with Crippen LogP contribution in [0.4, 0.5) is 0 Å². The maximum atomic E-state index is 5.44. The van der Waals surface area contributed by atoms with Gasteiger partial charge >= 0.3 is 0 Å². The summed E-state index contributed by atoms with van der Waals surface area (Å²) in [6, 6.07) is 4.07. The highest BCUT2D eigenvalue weighted by Gasteiger charge is 2.18. The highest BCUT2D eigenvalue weighted by molar-refractivity contribution is 5.72. The van der Waals surface area contributed by atoms with E-state index in [1.165, 1.54) is 24.8 Å². The lowest BCUT2D eigenvalue weighted by molar-refractivity contribution is 0.216. The summed E-state index contributed by atoms with van der Waals surface area (Å²) in [7, 11) is 2.00. The molecule has 0 amide bonds. The minimum atomic E-state index is 0.602. The van der Waals surface area contributed by atoms with Crippen molar-refractivity contribution in [3.05, 3.63) is 30.2 Å². The number of furan rings is 1. The van der Waals surface area contributed by atoms with Crippen LogP contribution in [0, 0.1) is 0 Å². The first kappa shape index (κ1) is 11.7. The molecule has 3 rings (SSSR count). The van der Waals surface area contributed by atoms with Crippen LogP contribution in [0.2, 0.25) is 0 Å². The molecule has 1 saturated heterocycles. The van der Waals surface area contributed by atoms with Crippen LogP contribution in [0.15, 0.2) is 29.0 Å². The largest absolute Gasteiger partial charge is 0.463 e. The van der Waals surface area contributed by atoms with E-state index >= 15 is 0 Å². The van der Waals surface area contributed by atoms with E-state index in [1.807, 2.05) is 19.3 Å². The van der Waals surface area contributed by atoms with Gasteiger partial charge in [0.05, 0.1) is 6.26 Å². The van der Waals surface area contributed by atoms with Crippen molar-refractivity contribution in [3.63, 3.8) is 0 Å². The van der Waals surface area contributed by atoms with Gasteiger partial charge in [-0.25, -0.2) is 5.01 Å². The first-order chi connectivity index (χ1) is 8.86. The molecule has 1 atom stereocenters. The molecule has 96 valence electrons. The molecule has 0 aromatic carbocycles. The Morgan fingerprint density at radius 1 is 1.39 bits per heavy atom. The summed E-state index contributed by atoms with van der Waals surface area (Å²) in [6.07, 6.45) is 7.34. The number of hydrogen-bond acceptors (Lipinski definition) is 4. The van der Waals surface area contributed by atoms with E-state index in [-0.39, 0.29) is 0 Å². The molecule has 0 saturated carbocycles. The zero-order valence-corrected chi connectivity index (χ0v) is 10.7. The van der Waals surface area contributed by atoms with Crippen molar-refractivity contribution < 1.29 is 4.42 Å². The van der Waals surface area contributed by atoms with Crippen molar-refractivity contribution in [1.29, 1.82) is 0 Å². The lowest BCUT2D eigenvalue weighted by Crippen LogP contribution is -2.35. The molecule has 1 N–H and O–H groups in total. The van der Waals surface area contributed by atoms with Crippen molar-refractivity contribution in [3.8, 4) is 0 Å². The van der Waals surface area contributed by atoms with Gasteiger partial charge in [-0.15, -0.1) is 0 Å². The smallest absolute Gasteiger partial charge is 0.152 e. The molecule has 0 spiro atoms. The van der Waals surface area contributed by atoms with Crippen molar-refractivity contribution in [2.24, 2.45) is 0 Å². The molecule has 2 aromatic heterocycles. The second-order valence-corrected chi connectivity index (χ2v) is 4.91. The van der Waals surface area contributed by atoms with Gasteiger partial charge in [0.2, 0.25) is 0 Å². The van der Waals surface area contributed by atoms with Gasteiger partial charge in [-0.2, -0.15) is 0 Å². The fraction of sp³-hybridized carbons (Fsp3) is 0.500. The molecular weight excluding hydrogens is 226 g/mol. The highest BCUT2D eigenvalue weighted by atomic mass is 16.3. The number of fused-ring (bicyclic) bond motifs is 1. The molecule has 18 heavy (non-hydrogen) atoms. The van der Waals surface area contributed by atoms with Crippen LogP contribution in [0.1, 0.15) is 30.7 Å². The van der Waals surface area contributed by atoms with Gasteiger partial charge < -0.3 is 4.42 Å². The van der Waals surface area contributed by atoms with Crippen molar-refractivity contribution in [2.75, 3.05) is 20.1 Å². The van der Waals surface area contributed by atoms with E-state index in [1.54, 1.807) is 6.26 Å². The van der Waals surface area contributed by atoms with Crippen LogP contribution in [0.3, 0.4) is 0 Å². The molecule has 0 radical (unpaired) electrons. The Hall–Kier alpha value is -1.39. The summed E-state index contributed by atoms with van der Waals surface area (Å²) in [4.78, 5) is 4.46. The highest BCUT2D eigenvalue weighted by Crippen LogP contribution is 2.29. The number of aromatic nitrogens is 1. The fourth-order valence-corrected chi connectivity index (χ4v) is 2.74. The van der Waals surface area contributed by atoms with E-state index < -0.39 is 0 Å². The van der Waals surface area contributed by atoms with Crippen molar-refractivity contribution in [1.82, 2.24) is 15.4 Å². The van der Waals surface area contributed by atoms with Crippen LogP contribution in [0.25, 0.3) is 11.1 Å². The van der Waals surface area contributed by atoms with Gasteiger partial charge in [0, 0.05) is 25.4 Å². The van der Waals surface area contributed by atoms with Crippen LogP contribution in [-0.2, 0) is 0 Å².